The molecule has 4 rings (SSSR count). The average Bonchev–Trinajstić information content (AvgIpc) is 3.24. The first-order valence-corrected chi connectivity index (χ1v) is 8.20. The third kappa shape index (κ3) is 2.84. The molecule has 3 aromatic rings. The van der Waals surface area contributed by atoms with Crippen LogP contribution in [0.3, 0.4) is 0 Å². The highest BCUT2D eigenvalue weighted by molar-refractivity contribution is 5.45. The van der Waals surface area contributed by atoms with E-state index < -0.39 is 0 Å². The lowest BCUT2D eigenvalue weighted by Gasteiger charge is -2.30. The molecule has 0 saturated carbocycles. The fourth-order valence-electron chi connectivity index (χ4n) is 3.18. The minimum Gasteiger partial charge on any atom is -0.451 e. The topological polar surface area (TPSA) is 75.6 Å². The number of oxazole rings is 1. The van der Waals surface area contributed by atoms with E-state index in [1.165, 1.54) is 6.39 Å². The van der Waals surface area contributed by atoms with Crippen molar-refractivity contribution in [2.45, 2.75) is 25.3 Å². The van der Waals surface area contributed by atoms with Crippen molar-refractivity contribution in [3.05, 3.63) is 36.3 Å². The van der Waals surface area contributed by atoms with Crippen LogP contribution in [-0.2, 0) is 6.54 Å². The van der Waals surface area contributed by atoms with Crippen molar-refractivity contribution in [3.63, 3.8) is 0 Å². The Morgan fingerprint density at radius 2 is 2.04 bits per heavy atom. The van der Waals surface area contributed by atoms with E-state index in [9.17, 15) is 0 Å². The fourth-order valence-corrected chi connectivity index (χ4v) is 3.18. The Labute approximate surface area is 140 Å². The fraction of sp³-hybridized carbons (Fsp3) is 0.500. The standard InChI is InChI=1S/C16H21N7O/c1-21(2)15-4-3-14-18-19-16(23(14)20-15)12-5-7-22(8-6-12)9-13-10-24-11-17-13/h3-4,10-12H,5-9H2,1-2H3. The van der Waals surface area contributed by atoms with Gasteiger partial charge in [0.2, 0.25) is 0 Å². The Balaban J connectivity index is 1.49. The van der Waals surface area contributed by atoms with Crippen LogP contribution >= 0.6 is 0 Å². The van der Waals surface area contributed by atoms with Crippen molar-refractivity contribution in [2.24, 2.45) is 0 Å². The van der Waals surface area contributed by atoms with E-state index in [4.69, 9.17) is 4.42 Å². The molecule has 0 aromatic carbocycles. The van der Waals surface area contributed by atoms with Gasteiger partial charge in [-0.25, -0.2) is 4.98 Å². The van der Waals surface area contributed by atoms with Crippen LogP contribution in [0.15, 0.2) is 29.2 Å². The second kappa shape index (κ2) is 6.20. The molecule has 0 spiro atoms. The minimum atomic E-state index is 0.387. The number of hydrogen-bond acceptors (Lipinski definition) is 7. The van der Waals surface area contributed by atoms with Crippen LogP contribution in [0.2, 0.25) is 0 Å². The number of likely N-dealkylation sites (tertiary alicyclic amines) is 1. The zero-order chi connectivity index (χ0) is 16.5. The summed E-state index contributed by atoms with van der Waals surface area (Å²) in [6.45, 7) is 2.87. The maximum atomic E-state index is 5.04. The van der Waals surface area contributed by atoms with Crippen molar-refractivity contribution >= 4 is 11.5 Å². The van der Waals surface area contributed by atoms with E-state index in [0.717, 1.165) is 55.5 Å². The van der Waals surface area contributed by atoms with Gasteiger partial charge in [0.05, 0.1) is 5.69 Å². The van der Waals surface area contributed by atoms with Gasteiger partial charge in [-0.3, -0.25) is 4.90 Å². The molecular formula is C16H21N7O. The molecule has 1 saturated heterocycles. The molecule has 0 atom stereocenters. The van der Waals surface area contributed by atoms with Crippen molar-refractivity contribution in [2.75, 3.05) is 32.1 Å². The Morgan fingerprint density at radius 3 is 2.75 bits per heavy atom. The Morgan fingerprint density at radius 1 is 1.21 bits per heavy atom. The first-order chi connectivity index (χ1) is 11.7. The molecule has 0 aliphatic carbocycles. The predicted octanol–water partition coefficient (Wildman–Crippen LogP) is 1.56. The Bertz CT molecular complexity index is 803. The third-order valence-corrected chi connectivity index (χ3v) is 4.55. The molecule has 1 aliphatic heterocycles. The highest BCUT2D eigenvalue weighted by Gasteiger charge is 2.25. The number of rotatable bonds is 4. The lowest BCUT2D eigenvalue weighted by molar-refractivity contribution is 0.198. The van der Waals surface area contributed by atoms with Gasteiger partial charge in [0.25, 0.3) is 0 Å². The van der Waals surface area contributed by atoms with Crippen LogP contribution in [0.4, 0.5) is 5.82 Å². The molecular weight excluding hydrogens is 306 g/mol. The molecule has 0 bridgehead atoms. The van der Waals surface area contributed by atoms with E-state index in [-0.39, 0.29) is 0 Å². The summed E-state index contributed by atoms with van der Waals surface area (Å²) in [7, 11) is 3.97. The van der Waals surface area contributed by atoms with E-state index in [2.05, 4.69) is 25.2 Å². The number of piperidine rings is 1. The largest absolute Gasteiger partial charge is 0.451 e. The summed E-state index contributed by atoms with van der Waals surface area (Å²) in [5.74, 6) is 2.26. The van der Waals surface area contributed by atoms with Crippen molar-refractivity contribution < 1.29 is 4.42 Å². The van der Waals surface area contributed by atoms with E-state index in [1.54, 1.807) is 6.26 Å². The normalized spacial score (nSPS) is 16.8. The van der Waals surface area contributed by atoms with Gasteiger partial charge >= 0.3 is 0 Å². The second-order valence-corrected chi connectivity index (χ2v) is 6.44. The number of aromatic nitrogens is 5. The van der Waals surface area contributed by atoms with Crippen molar-refractivity contribution in [1.82, 2.24) is 29.7 Å². The smallest absolute Gasteiger partial charge is 0.180 e. The molecule has 8 heteroatoms. The molecule has 0 N–H and O–H groups in total. The van der Waals surface area contributed by atoms with Gasteiger partial charge in [-0.1, -0.05) is 0 Å². The molecule has 0 amide bonds. The lowest BCUT2D eigenvalue weighted by atomic mass is 9.96. The lowest BCUT2D eigenvalue weighted by Crippen LogP contribution is -2.33. The zero-order valence-electron chi connectivity index (χ0n) is 14.0. The maximum absolute atomic E-state index is 5.04. The maximum Gasteiger partial charge on any atom is 0.180 e. The first-order valence-electron chi connectivity index (χ1n) is 8.20. The summed E-state index contributed by atoms with van der Waals surface area (Å²) in [6.07, 6.45) is 5.29. The Kier molecular flexibility index (Phi) is 3.89. The number of hydrogen-bond donors (Lipinski definition) is 0. The molecule has 1 aliphatic rings. The highest BCUT2D eigenvalue weighted by Crippen LogP contribution is 2.27. The number of anilines is 1. The predicted molar refractivity (Wildman–Crippen MR) is 88.9 cm³/mol. The average molecular weight is 327 g/mol. The van der Waals surface area contributed by atoms with Gasteiger partial charge in [-0.2, -0.15) is 4.52 Å². The summed E-state index contributed by atoms with van der Waals surface area (Å²) in [5.41, 5.74) is 1.79. The summed E-state index contributed by atoms with van der Waals surface area (Å²) < 4.78 is 6.94. The van der Waals surface area contributed by atoms with Crippen molar-refractivity contribution in [3.8, 4) is 0 Å². The van der Waals surface area contributed by atoms with Crippen LogP contribution in [0.1, 0.15) is 30.3 Å². The van der Waals surface area contributed by atoms with Gasteiger partial charge in [0, 0.05) is 26.6 Å². The van der Waals surface area contributed by atoms with E-state index in [1.807, 2.05) is 35.6 Å². The van der Waals surface area contributed by atoms with Crippen LogP contribution in [-0.4, -0.2) is 56.9 Å². The first kappa shape index (κ1) is 15.1. The van der Waals surface area contributed by atoms with Gasteiger partial charge in [0.1, 0.15) is 12.1 Å². The van der Waals surface area contributed by atoms with Crippen LogP contribution in [0, 0.1) is 0 Å². The summed E-state index contributed by atoms with van der Waals surface area (Å²) >= 11 is 0. The molecule has 8 nitrogen and oxygen atoms in total. The zero-order valence-corrected chi connectivity index (χ0v) is 14.0. The van der Waals surface area contributed by atoms with Crippen LogP contribution in [0.5, 0.6) is 0 Å². The van der Waals surface area contributed by atoms with E-state index >= 15 is 0 Å². The molecule has 0 radical (unpaired) electrons. The summed E-state index contributed by atoms with van der Waals surface area (Å²) in [4.78, 5) is 8.59. The minimum absolute atomic E-state index is 0.387. The summed E-state index contributed by atoms with van der Waals surface area (Å²) in [6, 6.07) is 3.94. The number of nitrogens with zero attached hydrogens (tertiary/aromatic N) is 7. The molecule has 4 heterocycles. The van der Waals surface area contributed by atoms with Crippen molar-refractivity contribution in [1.29, 1.82) is 0 Å². The monoisotopic (exact) mass is 327 g/mol. The second-order valence-electron chi connectivity index (χ2n) is 6.44. The van der Waals surface area contributed by atoms with Crippen LogP contribution < -0.4 is 4.90 Å². The van der Waals surface area contributed by atoms with E-state index in [0.29, 0.717) is 5.92 Å². The Hall–Kier alpha value is -2.48. The SMILES string of the molecule is CN(C)c1ccc2nnc(C3CCN(Cc4cocn4)CC3)n2n1. The molecule has 24 heavy (non-hydrogen) atoms. The van der Waals surface area contributed by atoms with Gasteiger partial charge < -0.3 is 9.32 Å². The van der Waals surface area contributed by atoms with Gasteiger partial charge in [-0.05, 0) is 38.1 Å². The third-order valence-electron chi connectivity index (χ3n) is 4.55. The van der Waals surface area contributed by atoms with Gasteiger partial charge in [0.15, 0.2) is 17.9 Å². The summed E-state index contributed by atoms with van der Waals surface area (Å²) in [5, 5.41) is 13.3. The van der Waals surface area contributed by atoms with Crippen LogP contribution in [0.25, 0.3) is 5.65 Å². The highest BCUT2D eigenvalue weighted by atomic mass is 16.3. The molecule has 126 valence electrons. The molecule has 0 unspecified atom stereocenters. The quantitative estimate of drug-likeness (QED) is 0.719. The number of fused-ring (bicyclic) bond motifs is 1. The molecule has 3 aromatic heterocycles. The molecule has 1 fully saturated rings. The van der Waals surface area contributed by atoms with Gasteiger partial charge in [-0.15, -0.1) is 15.3 Å².